The molecule has 15 heavy (non-hydrogen) atoms. The van der Waals surface area contributed by atoms with Crippen LogP contribution >= 0.6 is 11.8 Å². The average Bonchev–Trinajstić information content (AvgIpc) is 2.60. The van der Waals surface area contributed by atoms with Gasteiger partial charge in [-0.15, -0.1) is 0 Å². The van der Waals surface area contributed by atoms with Crippen molar-refractivity contribution in [2.75, 3.05) is 12.3 Å². The second-order valence-electron chi connectivity index (χ2n) is 3.66. The van der Waals surface area contributed by atoms with Crippen LogP contribution < -0.4 is 5.32 Å². The van der Waals surface area contributed by atoms with Crippen molar-refractivity contribution in [2.24, 2.45) is 7.05 Å². The van der Waals surface area contributed by atoms with Gasteiger partial charge in [0.1, 0.15) is 6.33 Å². The van der Waals surface area contributed by atoms with Crippen molar-refractivity contribution in [3.05, 3.63) is 6.33 Å². The summed E-state index contributed by atoms with van der Waals surface area (Å²) in [5.74, 6) is 1.04. The fourth-order valence-electron chi connectivity index (χ4n) is 1.40. The maximum atomic E-state index is 4.16. The van der Waals surface area contributed by atoms with Crippen molar-refractivity contribution in [1.82, 2.24) is 20.1 Å². The number of nitrogens with one attached hydrogen (secondary N) is 1. The molecule has 1 atom stereocenters. The molecule has 1 aromatic heterocycles. The Morgan fingerprint density at radius 1 is 1.60 bits per heavy atom. The lowest BCUT2D eigenvalue weighted by molar-refractivity contribution is 0.526. The number of rotatable bonds is 7. The monoisotopic (exact) mass is 228 g/mol. The Bertz CT molecular complexity index is 274. The number of thioether (sulfide) groups is 1. The van der Waals surface area contributed by atoms with Gasteiger partial charge in [-0.25, -0.2) is 9.67 Å². The first-order chi connectivity index (χ1) is 7.24. The molecule has 0 saturated carbocycles. The van der Waals surface area contributed by atoms with Crippen LogP contribution in [0.4, 0.5) is 0 Å². The van der Waals surface area contributed by atoms with Gasteiger partial charge in [-0.2, -0.15) is 5.10 Å². The van der Waals surface area contributed by atoms with E-state index >= 15 is 0 Å². The molecule has 1 N–H and O–H groups in total. The van der Waals surface area contributed by atoms with Crippen LogP contribution in [0.15, 0.2) is 11.5 Å². The molecule has 0 aliphatic carbocycles. The highest BCUT2D eigenvalue weighted by atomic mass is 32.2. The molecule has 1 unspecified atom stereocenters. The third kappa shape index (κ3) is 4.66. The summed E-state index contributed by atoms with van der Waals surface area (Å²) < 4.78 is 1.81. The Morgan fingerprint density at radius 3 is 3.00 bits per heavy atom. The molecule has 0 fully saturated rings. The van der Waals surface area contributed by atoms with Gasteiger partial charge in [-0.1, -0.05) is 25.1 Å². The summed E-state index contributed by atoms with van der Waals surface area (Å²) in [6, 6.07) is 0.620. The second-order valence-corrected chi connectivity index (χ2v) is 4.72. The summed E-state index contributed by atoms with van der Waals surface area (Å²) in [6.45, 7) is 5.47. The summed E-state index contributed by atoms with van der Waals surface area (Å²) in [5, 5.41) is 8.50. The first-order valence-corrected chi connectivity index (χ1v) is 6.42. The lowest BCUT2D eigenvalue weighted by atomic mass is 10.2. The first kappa shape index (κ1) is 12.5. The standard InChI is InChI=1S/C10H20N4S/c1-4-5-9(2)11-6-7-15-10-12-8-13-14(10)3/h8-9,11H,4-7H2,1-3H3. The molecule has 0 aliphatic heterocycles. The number of hydrogen-bond donors (Lipinski definition) is 1. The van der Waals surface area contributed by atoms with Crippen molar-refractivity contribution < 1.29 is 0 Å². The zero-order valence-corrected chi connectivity index (χ0v) is 10.5. The maximum absolute atomic E-state index is 4.16. The Balaban J connectivity index is 2.09. The highest BCUT2D eigenvalue weighted by Crippen LogP contribution is 2.11. The van der Waals surface area contributed by atoms with Crippen molar-refractivity contribution >= 4 is 11.8 Å². The lowest BCUT2D eigenvalue weighted by Crippen LogP contribution is -2.27. The minimum Gasteiger partial charge on any atom is -0.313 e. The predicted molar refractivity (Wildman–Crippen MR) is 64.1 cm³/mol. The van der Waals surface area contributed by atoms with E-state index < -0.39 is 0 Å². The largest absolute Gasteiger partial charge is 0.313 e. The van der Waals surface area contributed by atoms with Crippen molar-refractivity contribution in [2.45, 2.75) is 37.9 Å². The molecule has 4 nitrogen and oxygen atoms in total. The van der Waals surface area contributed by atoms with Crippen LogP contribution in [-0.2, 0) is 7.05 Å². The molecule has 0 aromatic carbocycles. The van der Waals surface area contributed by atoms with Crippen LogP contribution in [0, 0.1) is 0 Å². The van der Waals surface area contributed by atoms with Crippen molar-refractivity contribution in [3.8, 4) is 0 Å². The summed E-state index contributed by atoms with van der Waals surface area (Å²) in [6.07, 6.45) is 4.08. The molecule has 1 heterocycles. The van der Waals surface area contributed by atoms with E-state index in [1.807, 2.05) is 7.05 Å². The van der Waals surface area contributed by atoms with E-state index in [0.717, 1.165) is 17.5 Å². The van der Waals surface area contributed by atoms with Crippen LogP contribution in [0.25, 0.3) is 0 Å². The van der Waals surface area contributed by atoms with Crippen LogP contribution in [0.1, 0.15) is 26.7 Å². The van der Waals surface area contributed by atoms with E-state index in [4.69, 9.17) is 0 Å². The van der Waals surface area contributed by atoms with E-state index in [0.29, 0.717) is 6.04 Å². The minimum absolute atomic E-state index is 0.620. The molecule has 0 radical (unpaired) electrons. The number of aryl methyl sites for hydroxylation is 1. The number of aromatic nitrogens is 3. The molecule has 0 aliphatic rings. The SMILES string of the molecule is CCCC(C)NCCSc1ncnn1C. The van der Waals surface area contributed by atoms with Crippen LogP contribution in [0.5, 0.6) is 0 Å². The Hall–Kier alpha value is -0.550. The predicted octanol–water partition coefficient (Wildman–Crippen LogP) is 1.69. The lowest BCUT2D eigenvalue weighted by Gasteiger charge is -2.11. The van der Waals surface area contributed by atoms with Gasteiger partial charge in [-0.3, -0.25) is 0 Å². The third-order valence-electron chi connectivity index (χ3n) is 2.22. The van der Waals surface area contributed by atoms with E-state index in [1.54, 1.807) is 22.8 Å². The summed E-state index contributed by atoms with van der Waals surface area (Å²) in [7, 11) is 1.92. The zero-order valence-electron chi connectivity index (χ0n) is 9.73. The molecule has 1 rings (SSSR count). The van der Waals surface area contributed by atoms with Crippen LogP contribution in [0.2, 0.25) is 0 Å². The number of hydrogen-bond acceptors (Lipinski definition) is 4. The average molecular weight is 228 g/mol. The Morgan fingerprint density at radius 2 is 2.40 bits per heavy atom. The number of nitrogens with zero attached hydrogens (tertiary/aromatic N) is 3. The van der Waals surface area contributed by atoms with Crippen molar-refractivity contribution in [1.29, 1.82) is 0 Å². The minimum atomic E-state index is 0.620. The van der Waals surface area contributed by atoms with Gasteiger partial charge in [0.05, 0.1) is 0 Å². The fourth-order valence-corrected chi connectivity index (χ4v) is 2.16. The van der Waals surface area contributed by atoms with Gasteiger partial charge in [0.25, 0.3) is 0 Å². The topological polar surface area (TPSA) is 42.7 Å². The molecule has 1 aromatic rings. The molecule has 86 valence electrons. The van der Waals surface area contributed by atoms with Crippen molar-refractivity contribution in [3.63, 3.8) is 0 Å². The summed E-state index contributed by atoms with van der Waals surface area (Å²) >= 11 is 1.74. The van der Waals surface area contributed by atoms with Gasteiger partial charge in [0.2, 0.25) is 0 Å². The highest BCUT2D eigenvalue weighted by molar-refractivity contribution is 7.99. The van der Waals surface area contributed by atoms with E-state index in [-0.39, 0.29) is 0 Å². The second kappa shape index (κ2) is 6.85. The molecular formula is C10H20N4S. The smallest absolute Gasteiger partial charge is 0.185 e. The zero-order chi connectivity index (χ0) is 11.1. The third-order valence-corrected chi connectivity index (χ3v) is 3.25. The normalized spacial score (nSPS) is 13.0. The quantitative estimate of drug-likeness (QED) is 0.569. The van der Waals surface area contributed by atoms with Gasteiger partial charge in [0.15, 0.2) is 5.16 Å². The van der Waals surface area contributed by atoms with Gasteiger partial charge < -0.3 is 5.32 Å². The van der Waals surface area contributed by atoms with Gasteiger partial charge in [-0.05, 0) is 13.3 Å². The molecule has 0 saturated heterocycles. The molecule has 0 spiro atoms. The molecule has 5 heteroatoms. The molecular weight excluding hydrogens is 208 g/mol. The highest BCUT2D eigenvalue weighted by Gasteiger charge is 2.02. The fraction of sp³-hybridized carbons (Fsp3) is 0.800. The van der Waals surface area contributed by atoms with E-state index in [9.17, 15) is 0 Å². The van der Waals surface area contributed by atoms with E-state index in [2.05, 4.69) is 29.2 Å². The summed E-state index contributed by atoms with van der Waals surface area (Å²) in [4.78, 5) is 4.16. The Kier molecular flexibility index (Phi) is 5.71. The van der Waals surface area contributed by atoms with Crippen LogP contribution in [0.3, 0.4) is 0 Å². The van der Waals surface area contributed by atoms with Gasteiger partial charge >= 0.3 is 0 Å². The molecule has 0 bridgehead atoms. The molecule has 0 amide bonds. The summed E-state index contributed by atoms with van der Waals surface area (Å²) in [5.41, 5.74) is 0. The van der Waals surface area contributed by atoms with Gasteiger partial charge in [0, 0.05) is 25.4 Å². The van der Waals surface area contributed by atoms with Crippen LogP contribution in [-0.4, -0.2) is 33.1 Å². The Labute approximate surface area is 95.9 Å². The van der Waals surface area contributed by atoms with E-state index in [1.165, 1.54) is 12.8 Å². The first-order valence-electron chi connectivity index (χ1n) is 5.44. The maximum Gasteiger partial charge on any atom is 0.185 e.